The molecule has 156 valence electrons. The second-order valence-electron chi connectivity index (χ2n) is 5.47. The van der Waals surface area contributed by atoms with Gasteiger partial charge in [-0.2, -0.15) is 5.10 Å². The Labute approximate surface area is 178 Å². The zero-order valence-corrected chi connectivity index (χ0v) is 17.9. The van der Waals surface area contributed by atoms with Crippen molar-refractivity contribution in [3.63, 3.8) is 0 Å². The van der Waals surface area contributed by atoms with Gasteiger partial charge >= 0.3 is 11.9 Å². The minimum Gasteiger partial charge on any atom is -0.493 e. The van der Waals surface area contributed by atoms with Crippen molar-refractivity contribution in [3.05, 3.63) is 22.2 Å². The van der Waals surface area contributed by atoms with Crippen LogP contribution in [0.1, 0.15) is 18.9 Å². The lowest BCUT2D eigenvalue weighted by molar-refractivity contribution is -0.145. The molecule has 1 unspecified atom stereocenters. The zero-order valence-electron chi connectivity index (χ0n) is 15.5. The van der Waals surface area contributed by atoms with Gasteiger partial charge in [0.15, 0.2) is 23.3 Å². The van der Waals surface area contributed by atoms with Gasteiger partial charge in [0.25, 0.3) is 0 Å². The summed E-state index contributed by atoms with van der Waals surface area (Å²) in [6.45, 7) is 1.69. The van der Waals surface area contributed by atoms with E-state index in [0.717, 1.165) is 11.8 Å². The number of nitrogens with one attached hydrogen (secondary N) is 1. The molecule has 0 saturated carbocycles. The number of carboxylic acids is 1. The minimum atomic E-state index is -1.07. The van der Waals surface area contributed by atoms with Crippen molar-refractivity contribution in [2.75, 3.05) is 20.3 Å². The third-order valence-electron chi connectivity index (χ3n) is 3.38. The van der Waals surface area contributed by atoms with Crippen LogP contribution in [0.5, 0.6) is 11.5 Å². The molecule has 1 saturated heterocycles. The molecule has 2 rings (SSSR count). The van der Waals surface area contributed by atoms with Gasteiger partial charge in [0.05, 0.1) is 30.8 Å². The number of carboxylic acid groups (broad SMARTS) is 1. The van der Waals surface area contributed by atoms with Crippen LogP contribution >= 0.6 is 27.7 Å². The maximum Gasteiger partial charge on any atom is 0.344 e. The zero-order chi connectivity index (χ0) is 21.4. The number of carbonyl (C=O) groups excluding carboxylic acids is 2. The van der Waals surface area contributed by atoms with Crippen molar-refractivity contribution in [1.82, 2.24) is 5.32 Å². The fourth-order valence-corrected chi connectivity index (χ4v) is 3.67. The van der Waals surface area contributed by atoms with E-state index in [0.29, 0.717) is 21.5 Å². The molecule has 1 aliphatic heterocycles. The topological polar surface area (TPSA) is 136 Å². The van der Waals surface area contributed by atoms with Crippen molar-refractivity contribution in [2.45, 2.75) is 18.6 Å². The molecule has 2 N–H and O–H groups in total. The predicted octanol–water partition coefficient (Wildman–Crippen LogP) is 1.80. The fraction of sp³-hybridized carbons (Fsp3) is 0.353. The number of hydrogen-bond acceptors (Lipinski definition) is 9. The summed E-state index contributed by atoms with van der Waals surface area (Å²) in [4.78, 5) is 33.9. The number of esters is 1. The van der Waals surface area contributed by atoms with Gasteiger partial charge in [-0.05, 0) is 40.5 Å². The van der Waals surface area contributed by atoms with Gasteiger partial charge in [-0.25, -0.2) is 4.79 Å². The van der Waals surface area contributed by atoms with Gasteiger partial charge in [-0.3, -0.25) is 9.59 Å². The van der Waals surface area contributed by atoms with Gasteiger partial charge in [0, 0.05) is 0 Å². The van der Waals surface area contributed by atoms with Crippen LogP contribution in [0.4, 0.5) is 0 Å². The highest BCUT2D eigenvalue weighted by Gasteiger charge is 2.32. The number of aliphatic carboxylic acids is 1. The highest BCUT2D eigenvalue weighted by molar-refractivity contribution is 9.10. The Morgan fingerprint density at radius 1 is 1.41 bits per heavy atom. The maximum absolute atomic E-state index is 11.7. The molecule has 1 atom stereocenters. The summed E-state index contributed by atoms with van der Waals surface area (Å²) in [5.74, 6) is -1.29. The van der Waals surface area contributed by atoms with E-state index in [9.17, 15) is 14.4 Å². The molecule has 1 aromatic rings. The highest BCUT2D eigenvalue weighted by atomic mass is 79.9. The number of amidine groups is 1. The van der Waals surface area contributed by atoms with Gasteiger partial charge in [-0.15, -0.1) is 5.10 Å². The van der Waals surface area contributed by atoms with E-state index in [-0.39, 0.29) is 24.8 Å². The van der Waals surface area contributed by atoms with E-state index in [1.165, 1.54) is 13.3 Å². The van der Waals surface area contributed by atoms with Crippen LogP contribution in [0.3, 0.4) is 0 Å². The van der Waals surface area contributed by atoms with Crippen LogP contribution in [0.25, 0.3) is 0 Å². The molecule has 0 bridgehead atoms. The molecule has 12 heteroatoms. The van der Waals surface area contributed by atoms with Crippen LogP contribution in [0.2, 0.25) is 0 Å². The number of amides is 1. The Bertz CT molecular complexity index is 860. The highest BCUT2D eigenvalue weighted by Crippen LogP contribution is 2.36. The third-order valence-corrected chi connectivity index (χ3v) is 5.04. The average Bonchev–Trinajstić information content (AvgIpc) is 2.99. The van der Waals surface area contributed by atoms with E-state index in [1.807, 2.05) is 0 Å². The van der Waals surface area contributed by atoms with Gasteiger partial charge in [-0.1, -0.05) is 11.8 Å². The Morgan fingerprint density at radius 3 is 2.83 bits per heavy atom. The first kappa shape index (κ1) is 22.7. The summed E-state index contributed by atoms with van der Waals surface area (Å²) < 4.78 is 16.1. The summed E-state index contributed by atoms with van der Waals surface area (Å²) in [5.41, 5.74) is 0.609. The van der Waals surface area contributed by atoms with E-state index in [2.05, 4.69) is 31.4 Å². The molecule has 0 radical (unpaired) electrons. The standard InChI is InChI=1S/C17H18BrN3O7S/c1-3-27-14(24)8-28-15-10(18)4-9(5-11(15)26-2)7-19-21-17-20-16(25)12(29-17)6-13(22)23/h4-5,7,12H,3,6,8H2,1-2H3,(H,22,23)(H,20,21,25). The fourth-order valence-electron chi connectivity index (χ4n) is 2.18. The van der Waals surface area contributed by atoms with E-state index < -0.39 is 23.1 Å². The summed E-state index contributed by atoms with van der Waals surface area (Å²) in [6.07, 6.45) is 1.13. The van der Waals surface area contributed by atoms with E-state index in [1.54, 1.807) is 19.1 Å². The smallest absolute Gasteiger partial charge is 0.344 e. The van der Waals surface area contributed by atoms with Crippen molar-refractivity contribution in [3.8, 4) is 11.5 Å². The summed E-state index contributed by atoms with van der Waals surface area (Å²) in [7, 11) is 1.45. The first-order chi connectivity index (χ1) is 13.8. The molecule has 10 nitrogen and oxygen atoms in total. The number of ether oxygens (including phenoxy) is 3. The number of thioether (sulfide) groups is 1. The molecular weight excluding hydrogens is 470 g/mol. The molecule has 1 aromatic carbocycles. The second-order valence-corrected chi connectivity index (χ2v) is 7.52. The van der Waals surface area contributed by atoms with Gasteiger partial charge < -0.3 is 24.6 Å². The summed E-state index contributed by atoms with van der Waals surface area (Å²) in [6, 6.07) is 3.31. The Hall–Kier alpha value is -2.60. The third kappa shape index (κ3) is 6.75. The predicted molar refractivity (Wildman–Crippen MR) is 110 cm³/mol. The Balaban J connectivity index is 2.07. The molecule has 1 fully saturated rings. The van der Waals surface area contributed by atoms with Crippen LogP contribution in [-0.4, -0.2) is 59.9 Å². The number of rotatable bonds is 9. The number of halogens is 1. The van der Waals surface area contributed by atoms with Crippen molar-refractivity contribution >= 4 is 56.9 Å². The monoisotopic (exact) mass is 487 g/mol. The van der Waals surface area contributed by atoms with Crippen LogP contribution in [-0.2, 0) is 19.1 Å². The van der Waals surface area contributed by atoms with Crippen LogP contribution < -0.4 is 14.8 Å². The Morgan fingerprint density at radius 2 is 2.17 bits per heavy atom. The van der Waals surface area contributed by atoms with E-state index >= 15 is 0 Å². The minimum absolute atomic E-state index is 0.220. The number of benzene rings is 1. The van der Waals surface area contributed by atoms with E-state index in [4.69, 9.17) is 19.3 Å². The number of nitrogens with zero attached hydrogens (tertiary/aromatic N) is 2. The molecule has 0 aromatic heterocycles. The Kier molecular flexibility index (Phi) is 8.46. The number of carbonyl (C=O) groups is 3. The molecule has 0 spiro atoms. The molecular formula is C17H18BrN3O7S. The molecule has 1 heterocycles. The lowest BCUT2D eigenvalue weighted by atomic mass is 10.2. The lowest BCUT2D eigenvalue weighted by Gasteiger charge is -2.12. The molecule has 29 heavy (non-hydrogen) atoms. The van der Waals surface area contributed by atoms with Gasteiger partial charge in [0.2, 0.25) is 5.91 Å². The van der Waals surface area contributed by atoms with Crippen molar-refractivity contribution in [2.24, 2.45) is 10.2 Å². The second kappa shape index (κ2) is 10.8. The normalized spacial score (nSPS) is 17.4. The number of methoxy groups -OCH3 is 1. The van der Waals surface area contributed by atoms with Gasteiger partial charge in [0.1, 0.15) is 5.25 Å². The number of hydrogen-bond donors (Lipinski definition) is 2. The summed E-state index contributed by atoms with van der Waals surface area (Å²) >= 11 is 4.36. The molecule has 0 aliphatic carbocycles. The largest absolute Gasteiger partial charge is 0.493 e. The van der Waals surface area contributed by atoms with Crippen molar-refractivity contribution < 1.29 is 33.7 Å². The molecule has 1 amide bonds. The average molecular weight is 488 g/mol. The first-order valence-corrected chi connectivity index (χ1v) is 9.97. The molecule has 1 aliphatic rings. The van der Waals surface area contributed by atoms with Crippen LogP contribution in [0, 0.1) is 0 Å². The van der Waals surface area contributed by atoms with Crippen molar-refractivity contribution in [1.29, 1.82) is 0 Å². The SMILES string of the molecule is CCOC(=O)COc1c(Br)cc(C=NN=C2NC(=O)C(CC(=O)O)S2)cc1OC. The summed E-state index contributed by atoms with van der Waals surface area (Å²) in [5, 5.41) is 18.5. The first-order valence-electron chi connectivity index (χ1n) is 8.30. The van der Waals surface area contributed by atoms with Crippen LogP contribution in [0.15, 0.2) is 26.8 Å². The lowest BCUT2D eigenvalue weighted by Crippen LogP contribution is -2.26. The maximum atomic E-state index is 11.7. The quantitative estimate of drug-likeness (QED) is 0.305.